The van der Waals surface area contributed by atoms with Gasteiger partial charge in [0.1, 0.15) is 24.2 Å². The minimum atomic E-state index is -0.630. The number of Topliss-reactive ketones (excluding diaryl/α,β-unsaturated/α-hetero) is 1. The number of likely N-dealkylation sites (tertiary alicyclic amines) is 1. The lowest BCUT2D eigenvalue weighted by Gasteiger charge is -2.27. The van der Waals surface area contributed by atoms with Crippen LogP contribution in [0.15, 0.2) is 42.6 Å². The molecule has 198 valence electrons. The predicted molar refractivity (Wildman–Crippen MR) is 143 cm³/mol. The summed E-state index contributed by atoms with van der Waals surface area (Å²) >= 11 is 5.85. The third-order valence-electron chi connectivity index (χ3n) is 7.47. The molecule has 0 unspecified atom stereocenters. The molecule has 2 heterocycles. The molecule has 2 amide bonds. The van der Waals surface area contributed by atoms with Crippen LogP contribution in [-0.2, 0) is 22.7 Å². The molecule has 1 aliphatic heterocycles. The fraction of sp³-hybridized carbons (Fsp3) is 0.357. The number of halogens is 2. The van der Waals surface area contributed by atoms with E-state index in [0.29, 0.717) is 34.3 Å². The van der Waals surface area contributed by atoms with Gasteiger partial charge >= 0.3 is 0 Å². The van der Waals surface area contributed by atoms with Crippen LogP contribution < -0.4 is 5.32 Å². The molecule has 8 nitrogen and oxygen atoms in total. The van der Waals surface area contributed by atoms with E-state index in [9.17, 15) is 18.8 Å². The lowest BCUT2D eigenvalue weighted by atomic mass is 10.1. The normalized spacial score (nSPS) is 19.8. The van der Waals surface area contributed by atoms with Crippen molar-refractivity contribution in [2.45, 2.75) is 44.9 Å². The zero-order valence-corrected chi connectivity index (χ0v) is 22.2. The van der Waals surface area contributed by atoms with Crippen molar-refractivity contribution in [2.75, 3.05) is 14.1 Å². The summed E-state index contributed by atoms with van der Waals surface area (Å²) in [6.07, 6.45) is 3.10. The molecule has 2 aliphatic rings. The van der Waals surface area contributed by atoms with Crippen molar-refractivity contribution < 1.29 is 18.8 Å². The molecule has 1 saturated carbocycles. The lowest BCUT2D eigenvalue weighted by Crippen LogP contribution is -2.48. The molecule has 38 heavy (non-hydrogen) atoms. The number of nitrogens with one attached hydrogen (secondary N) is 2. The number of nitrogens with zero attached hydrogens (tertiary/aromatic N) is 3. The summed E-state index contributed by atoms with van der Waals surface area (Å²) in [5.74, 6) is -0.635. The van der Waals surface area contributed by atoms with Gasteiger partial charge in [0, 0.05) is 60.5 Å². The van der Waals surface area contributed by atoms with E-state index >= 15 is 0 Å². The first-order valence-corrected chi connectivity index (χ1v) is 12.9. The molecule has 10 heteroatoms. The summed E-state index contributed by atoms with van der Waals surface area (Å²) < 4.78 is 16.0. The van der Waals surface area contributed by atoms with Crippen molar-refractivity contribution in [3.63, 3.8) is 0 Å². The van der Waals surface area contributed by atoms with Crippen molar-refractivity contribution >= 4 is 45.9 Å². The van der Waals surface area contributed by atoms with Crippen LogP contribution >= 0.6 is 11.6 Å². The van der Waals surface area contributed by atoms with Crippen molar-refractivity contribution in [3.8, 4) is 0 Å². The minimum absolute atomic E-state index is 0.00906. The van der Waals surface area contributed by atoms with Gasteiger partial charge in [0.2, 0.25) is 11.8 Å². The number of piperidine rings is 1. The van der Waals surface area contributed by atoms with E-state index in [1.807, 2.05) is 6.07 Å². The maximum atomic E-state index is 14.3. The van der Waals surface area contributed by atoms with Crippen LogP contribution in [0.2, 0.25) is 5.02 Å². The van der Waals surface area contributed by atoms with Crippen LogP contribution in [0.3, 0.4) is 0 Å². The largest absolute Gasteiger partial charge is 0.363 e. The molecule has 2 fully saturated rings. The Morgan fingerprint density at radius 3 is 2.66 bits per heavy atom. The summed E-state index contributed by atoms with van der Waals surface area (Å²) in [6.45, 7) is 1.43. The smallest absolute Gasteiger partial charge is 0.243 e. The Kier molecular flexibility index (Phi) is 6.73. The number of fused-ring (bicyclic) bond motifs is 2. The molecule has 0 radical (unpaired) electrons. The second-order valence-electron chi connectivity index (χ2n) is 10.2. The van der Waals surface area contributed by atoms with Crippen molar-refractivity contribution in [3.05, 3.63) is 70.1 Å². The molecule has 1 aliphatic carbocycles. The number of carbonyl (C=O) groups is 3. The molecule has 2 aromatic carbocycles. The SMILES string of the molecule is CC(=O)c1cn(CC(=O)N2[C@@H]3C[C@@H]3C[C@H]2C(=O)NCc2cccc(Cl)c2F)c2ccc(C(=N)N(C)C)cc12. The molecule has 5 rings (SSSR count). The van der Waals surface area contributed by atoms with E-state index < -0.39 is 11.9 Å². The zero-order valence-electron chi connectivity index (χ0n) is 21.4. The number of amides is 2. The summed E-state index contributed by atoms with van der Waals surface area (Å²) in [5, 5.41) is 11.7. The van der Waals surface area contributed by atoms with Crippen LogP contribution in [0.4, 0.5) is 4.39 Å². The average molecular weight is 538 g/mol. The number of benzene rings is 2. The van der Waals surface area contributed by atoms with E-state index in [-0.39, 0.29) is 53.2 Å². The summed E-state index contributed by atoms with van der Waals surface area (Å²) in [7, 11) is 3.56. The van der Waals surface area contributed by atoms with E-state index in [0.717, 1.165) is 6.42 Å². The number of rotatable bonds is 7. The molecule has 3 atom stereocenters. The van der Waals surface area contributed by atoms with Gasteiger partial charge in [0.25, 0.3) is 0 Å². The van der Waals surface area contributed by atoms with Gasteiger partial charge < -0.3 is 19.7 Å². The Morgan fingerprint density at radius 1 is 1.18 bits per heavy atom. The number of hydrogen-bond acceptors (Lipinski definition) is 4. The van der Waals surface area contributed by atoms with Crippen LogP contribution in [0.1, 0.15) is 41.3 Å². The lowest BCUT2D eigenvalue weighted by molar-refractivity contribution is -0.140. The van der Waals surface area contributed by atoms with Gasteiger partial charge in [-0.2, -0.15) is 0 Å². The van der Waals surface area contributed by atoms with Gasteiger partial charge in [-0.05, 0) is 49.9 Å². The second kappa shape index (κ2) is 9.87. The summed E-state index contributed by atoms with van der Waals surface area (Å²) in [4.78, 5) is 42.4. The van der Waals surface area contributed by atoms with E-state index in [1.54, 1.807) is 58.9 Å². The van der Waals surface area contributed by atoms with E-state index in [4.69, 9.17) is 17.0 Å². The van der Waals surface area contributed by atoms with Crippen LogP contribution in [0.5, 0.6) is 0 Å². The molecule has 2 N–H and O–H groups in total. The van der Waals surface area contributed by atoms with Crippen LogP contribution in [0.25, 0.3) is 10.9 Å². The van der Waals surface area contributed by atoms with E-state index in [2.05, 4.69) is 5.32 Å². The van der Waals surface area contributed by atoms with Gasteiger partial charge in [-0.25, -0.2) is 4.39 Å². The molecular formula is C28H29ClFN5O3. The minimum Gasteiger partial charge on any atom is -0.363 e. The maximum absolute atomic E-state index is 14.3. The highest BCUT2D eigenvalue weighted by Gasteiger charge is 2.55. The fourth-order valence-electron chi connectivity index (χ4n) is 5.38. The molecule has 0 bridgehead atoms. The highest BCUT2D eigenvalue weighted by atomic mass is 35.5. The maximum Gasteiger partial charge on any atom is 0.243 e. The number of amidine groups is 1. The Balaban J connectivity index is 1.36. The molecule has 3 aromatic rings. The fourth-order valence-corrected chi connectivity index (χ4v) is 5.57. The Hall–Kier alpha value is -3.72. The number of carbonyl (C=O) groups excluding carboxylic acids is 3. The van der Waals surface area contributed by atoms with Crippen molar-refractivity contribution in [2.24, 2.45) is 5.92 Å². The first-order valence-electron chi connectivity index (χ1n) is 12.5. The quantitative estimate of drug-likeness (QED) is 0.272. The first kappa shape index (κ1) is 25.9. The monoisotopic (exact) mass is 537 g/mol. The van der Waals surface area contributed by atoms with Crippen LogP contribution in [0, 0.1) is 17.1 Å². The Bertz CT molecular complexity index is 1480. The Labute approximate surface area is 224 Å². The number of ketones is 1. The van der Waals surface area contributed by atoms with E-state index in [1.165, 1.54) is 13.0 Å². The highest BCUT2D eigenvalue weighted by molar-refractivity contribution is 6.30. The second-order valence-corrected chi connectivity index (χ2v) is 10.7. The van der Waals surface area contributed by atoms with Gasteiger partial charge in [-0.15, -0.1) is 0 Å². The first-order chi connectivity index (χ1) is 18.1. The molecule has 1 saturated heterocycles. The van der Waals surface area contributed by atoms with Crippen LogP contribution in [-0.4, -0.2) is 64.0 Å². The van der Waals surface area contributed by atoms with Gasteiger partial charge in [-0.1, -0.05) is 23.7 Å². The standard InChI is InChI=1S/C28H29ClFN5O3/c1-15(36)20-13-34(22-8-7-16(9-19(20)22)27(31)33(2)3)14-25(37)35-23-10-18(23)11-24(35)28(38)32-12-17-5-4-6-21(29)26(17)30/h4-9,13,18,23-24,31H,10-12,14H2,1-3H3,(H,32,38)/t18-,23-,24+/m1/s1. The third-order valence-corrected chi connectivity index (χ3v) is 7.76. The van der Waals surface area contributed by atoms with Gasteiger partial charge in [0.15, 0.2) is 5.78 Å². The van der Waals surface area contributed by atoms with Crippen molar-refractivity contribution in [1.82, 2.24) is 19.7 Å². The van der Waals surface area contributed by atoms with Gasteiger partial charge in [-0.3, -0.25) is 19.8 Å². The third kappa shape index (κ3) is 4.67. The van der Waals surface area contributed by atoms with Crippen molar-refractivity contribution in [1.29, 1.82) is 5.41 Å². The Morgan fingerprint density at radius 2 is 1.95 bits per heavy atom. The number of aromatic nitrogens is 1. The molecule has 0 spiro atoms. The summed E-state index contributed by atoms with van der Waals surface area (Å²) in [5.41, 5.74) is 2.14. The summed E-state index contributed by atoms with van der Waals surface area (Å²) in [6, 6.07) is 9.43. The highest BCUT2D eigenvalue weighted by Crippen LogP contribution is 2.48. The topological polar surface area (TPSA) is 98.5 Å². The zero-order chi connectivity index (χ0) is 27.3. The predicted octanol–water partition coefficient (Wildman–Crippen LogP) is 3.83. The van der Waals surface area contributed by atoms with Gasteiger partial charge in [0.05, 0.1) is 5.02 Å². The average Bonchev–Trinajstić information content (AvgIpc) is 3.39. The molecule has 1 aromatic heterocycles. The number of hydrogen-bond donors (Lipinski definition) is 2. The molecular weight excluding hydrogens is 509 g/mol.